The fraction of sp³-hybridized carbons (Fsp3) is 0.400. The summed E-state index contributed by atoms with van der Waals surface area (Å²) in [5.74, 6) is -0.834. The predicted octanol–water partition coefficient (Wildman–Crippen LogP) is 2.40. The van der Waals surface area contributed by atoms with E-state index in [1.165, 1.54) is 7.11 Å². The summed E-state index contributed by atoms with van der Waals surface area (Å²) in [5, 5.41) is -0.0311. The van der Waals surface area contributed by atoms with Gasteiger partial charge < -0.3 is 9.47 Å². The number of hydrogen-bond acceptors (Lipinski definition) is 4. The van der Waals surface area contributed by atoms with E-state index in [1.54, 1.807) is 0 Å². The first kappa shape index (κ1) is 13.6. The van der Waals surface area contributed by atoms with Crippen LogP contribution in [0.4, 0.5) is 8.78 Å². The van der Waals surface area contributed by atoms with Gasteiger partial charge in [0.25, 0.3) is 6.43 Å². The van der Waals surface area contributed by atoms with Crippen LogP contribution in [0.15, 0.2) is 6.20 Å². The van der Waals surface area contributed by atoms with Crippen LogP contribution in [0.3, 0.4) is 0 Å². The van der Waals surface area contributed by atoms with E-state index in [4.69, 9.17) is 16.3 Å². The van der Waals surface area contributed by atoms with E-state index in [1.807, 2.05) is 0 Å². The molecule has 17 heavy (non-hydrogen) atoms. The molecule has 1 heterocycles. The Kier molecular flexibility index (Phi) is 4.62. The van der Waals surface area contributed by atoms with Crippen LogP contribution >= 0.6 is 11.6 Å². The molecular formula is C10H10ClF2NO3. The summed E-state index contributed by atoms with van der Waals surface area (Å²) in [7, 11) is 2.38. The minimum absolute atomic E-state index is 0.0311. The van der Waals surface area contributed by atoms with Crippen LogP contribution in [0.1, 0.15) is 17.7 Å². The van der Waals surface area contributed by atoms with Crippen molar-refractivity contribution in [2.75, 3.05) is 14.2 Å². The van der Waals surface area contributed by atoms with Crippen molar-refractivity contribution in [3.8, 4) is 5.75 Å². The van der Waals surface area contributed by atoms with Gasteiger partial charge in [0.1, 0.15) is 10.8 Å². The quantitative estimate of drug-likeness (QED) is 0.785. The Bertz CT molecular complexity index is 426. The number of hydrogen-bond donors (Lipinski definition) is 0. The van der Waals surface area contributed by atoms with E-state index in [9.17, 15) is 13.6 Å². The molecule has 1 aromatic rings. The molecule has 0 aliphatic rings. The maximum absolute atomic E-state index is 12.9. The number of carbonyl (C=O) groups is 1. The molecule has 0 spiro atoms. The normalized spacial score (nSPS) is 10.5. The molecule has 1 aromatic heterocycles. The predicted molar refractivity (Wildman–Crippen MR) is 56.5 cm³/mol. The lowest BCUT2D eigenvalue weighted by atomic mass is 10.1. The third-order valence-corrected chi connectivity index (χ3v) is 2.34. The van der Waals surface area contributed by atoms with Gasteiger partial charge in [-0.15, -0.1) is 0 Å². The van der Waals surface area contributed by atoms with Crippen molar-refractivity contribution in [3.63, 3.8) is 0 Å². The Labute approximate surface area is 101 Å². The van der Waals surface area contributed by atoms with Crippen LogP contribution in [0.5, 0.6) is 5.75 Å². The molecule has 7 heteroatoms. The molecule has 94 valence electrons. The molecule has 0 radical (unpaired) electrons. The van der Waals surface area contributed by atoms with Gasteiger partial charge in [-0.05, 0) is 0 Å². The molecule has 1 rings (SSSR count). The topological polar surface area (TPSA) is 48.4 Å². The Morgan fingerprint density at radius 1 is 1.53 bits per heavy atom. The van der Waals surface area contributed by atoms with Gasteiger partial charge in [-0.2, -0.15) is 0 Å². The van der Waals surface area contributed by atoms with Crippen molar-refractivity contribution in [2.45, 2.75) is 12.8 Å². The van der Waals surface area contributed by atoms with Crippen LogP contribution < -0.4 is 4.74 Å². The van der Waals surface area contributed by atoms with Crippen molar-refractivity contribution in [1.29, 1.82) is 0 Å². The number of carbonyl (C=O) groups excluding carboxylic acids is 1. The molecule has 0 saturated carbocycles. The monoisotopic (exact) mass is 265 g/mol. The first-order valence-electron chi connectivity index (χ1n) is 4.57. The molecule has 0 unspecified atom stereocenters. The fourth-order valence-electron chi connectivity index (χ4n) is 1.30. The SMILES string of the molecule is COC(=O)Cc1ncc(Cl)c(OC)c1C(F)F. The van der Waals surface area contributed by atoms with E-state index in [2.05, 4.69) is 9.72 Å². The highest BCUT2D eigenvalue weighted by atomic mass is 35.5. The lowest BCUT2D eigenvalue weighted by Gasteiger charge is -2.13. The number of nitrogens with zero attached hydrogens (tertiary/aromatic N) is 1. The maximum atomic E-state index is 12.9. The zero-order valence-electron chi connectivity index (χ0n) is 9.17. The number of ether oxygens (including phenoxy) is 2. The van der Waals surface area contributed by atoms with Crippen LogP contribution in [-0.2, 0) is 16.0 Å². The zero-order chi connectivity index (χ0) is 13.0. The number of alkyl halides is 2. The summed E-state index contributed by atoms with van der Waals surface area (Å²) in [6, 6.07) is 0. The fourth-order valence-corrected chi connectivity index (χ4v) is 1.53. The highest BCUT2D eigenvalue weighted by Gasteiger charge is 2.24. The molecule has 0 atom stereocenters. The minimum Gasteiger partial charge on any atom is -0.495 e. The van der Waals surface area contributed by atoms with Gasteiger partial charge in [-0.1, -0.05) is 11.6 Å². The standard InChI is InChI=1S/C10H10ClF2NO3/c1-16-7(15)3-6-8(10(12)13)9(17-2)5(11)4-14-6/h4,10H,3H2,1-2H3. The number of halogens is 3. The Balaban J connectivity index is 3.25. The number of rotatable bonds is 4. The van der Waals surface area contributed by atoms with Gasteiger partial charge in [0.2, 0.25) is 0 Å². The van der Waals surface area contributed by atoms with Gasteiger partial charge in [0.15, 0.2) is 0 Å². The van der Waals surface area contributed by atoms with Crippen LogP contribution in [0.25, 0.3) is 0 Å². The van der Waals surface area contributed by atoms with E-state index in [0.717, 1.165) is 13.3 Å². The summed E-state index contributed by atoms with van der Waals surface area (Å²) >= 11 is 5.68. The molecule has 4 nitrogen and oxygen atoms in total. The second-order valence-electron chi connectivity index (χ2n) is 3.05. The van der Waals surface area contributed by atoms with Gasteiger partial charge in [-0.25, -0.2) is 8.78 Å². The summed E-state index contributed by atoms with van der Waals surface area (Å²) in [6.45, 7) is 0. The Morgan fingerprint density at radius 3 is 2.65 bits per heavy atom. The van der Waals surface area contributed by atoms with E-state index in [-0.39, 0.29) is 22.9 Å². The Morgan fingerprint density at radius 2 is 2.18 bits per heavy atom. The van der Waals surface area contributed by atoms with Gasteiger partial charge in [0, 0.05) is 6.20 Å². The van der Waals surface area contributed by atoms with Crippen LogP contribution in [-0.4, -0.2) is 25.2 Å². The summed E-state index contributed by atoms with van der Waals surface area (Å²) in [4.78, 5) is 14.8. The van der Waals surface area contributed by atoms with E-state index >= 15 is 0 Å². The lowest BCUT2D eigenvalue weighted by Crippen LogP contribution is -2.10. The first-order chi connectivity index (χ1) is 8.01. The smallest absolute Gasteiger partial charge is 0.311 e. The maximum Gasteiger partial charge on any atom is 0.311 e. The Hall–Kier alpha value is -1.43. The number of pyridine rings is 1. The second kappa shape index (κ2) is 5.77. The van der Waals surface area contributed by atoms with Crippen molar-refractivity contribution in [1.82, 2.24) is 4.98 Å². The largest absolute Gasteiger partial charge is 0.495 e. The van der Waals surface area contributed by atoms with Crippen molar-refractivity contribution in [2.24, 2.45) is 0 Å². The third kappa shape index (κ3) is 3.03. The minimum atomic E-state index is -2.84. The molecule has 0 aliphatic carbocycles. The summed E-state index contributed by atoms with van der Waals surface area (Å²) < 4.78 is 34.9. The van der Waals surface area contributed by atoms with E-state index < -0.39 is 18.0 Å². The van der Waals surface area contributed by atoms with Gasteiger partial charge in [-0.3, -0.25) is 9.78 Å². The first-order valence-corrected chi connectivity index (χ1v) is 4.95. The van der Waals surface area contributed by atoms with Crippen molar-refractivity contribution < 1.29 is 23.0 Å². The number of methoxy groups -OCH3 is 2. The summed E-state index contributed by atoms with van der Waals surface area (Å²) in [5.41, 5.74) is -0.585. The molecule has 0 aliphatic heterocycles. The molecule has 0 bridgehead atoms. The second-order valence-corrected chi connectivity index (χ2v) is 3.46. The molecule has 0 fully saturated rings. The molecule has 0 N–H and O–H groups in total. The average molecular weight is 266 g/mol. The molecular weight excluding hydrogens is 256 g/mol. The van der Waals surface area contributed by atoms with Crippen LogP contribution in [0.2, 0.25) is 5.02 Å². The zero-order valence-corrected chi connectivity index (χ0v) is 9.92. The average Bonchev–Trinajstić information content (AvgIpc) is 2.30. The highest BCUT2D eigenvalue weighted by Crippen LogP contribution is 2.36. The molecule has 0 amide bonds. The third-order valence-electron chi connectivity index (χ3n) is 2.07. The van der Waals surface area contributed by atoms with Crippen LogP contribution in [0, 0.1) is 0 Å². The van der Waals surface area contributed by atoms with Crippen molar-refractivity contribution >= 4 is 17.6 Å². The van der Waals surface area contributed by atoms with Crippen molar-refractivity contribution in [3.05, 3.63) is 22.5 Å². The number of aromatic nitrogens is 1. The summed E-state index contributed by atoms with van der Waals surface area (Å²) in [6.07, 6.45) is -2.04. The number of esters is 1. The van der Waals surface area contributed by atoms with Gasteiger partial charge in [0.05, 0.1) is 31.9 Å². The van der Waals surface area contributed by atoms with Gasteiger partial charge >= 0.3 is 5.97 Å². The van der Waals surface area contributed by atoms with E-state index in [0.29, 0.717) is 0 Å². The highest BCUT2D eigenvalue weighted by molar-refractivity contribution is 6.32. The molecule has 0 saturated heterocycles. The lowest BCUT2D eigenvalue weighted by molar-refractivity contribution is -0.139. The molecule has 0 aromatic carbocycles.